The number of benzene rings is 5. The summed E-state index contributed by atoms with van der Waals surface area (Å²) in [5.74, 6) is 3.32. The lowest BCUT2D eigenvalue weighted by Crippen LogP contribution is -2.55. The molecule has 0 heterocycles. The minimum Gasteiger partial charge on any atom is -0.310 e. The van der Waals surface area contributed by atoms with E-state index < -0.39 is 0 Å². The molecule has 0 N–H and O–H groups in total. The van der Waals surface area contributed by atoms with E-state index in [0.29, 0.717) is 0 Å². The maximum Gasteiger partial charge on any atom is 0.0465 e. The number of rotatable bonds is 4. The van der Waals surface area contributed by atoms with Gasteiger partial charge in [-0.05, 0) is 166 Å². The largest absolute Gasteiger partial charge is 0.310 e. The van der Waals surface area contributed by atoms with Crippen LogP contribution in [-0.2, 0) is 16.2 Å². The molecule has 1 nitrogen and oxygen atoms in total. The smallest absolute Gasteiger partial charge is 0.0465 e. The van der Waals surface area contributed by atoms with Crippen LogP contribution < -0.4 is 4.90 Å². The minimum absolute atomic E-state index is 0.119. The Morgan fingerprint density at radius 2 is 1.02 bits per heavy atom. The molecule has 1 spiro atoms. The Bertz CT molecular complexity index is 2060. The van der Waals surface area contributed by atoms with Crippen molar-refractivity contribution in [2.24, 2.45) is 23.7 Å². The average molecular weight is 640 g/mol. The Labute approximate surface area is 293 Å². The molecule has 4 bridgehead atoms. The van der Waals surface area contributed by atoms with E-state index in [1.165, 1.54) is 95.4 Å². The van der Waals surface area contributed by atoms with E-state index >= 15 is 0 Å². The summed E-state index contributed by atoms with van der Waals surface area (Å²) < 4.78 is 0. The van der Waals surface area contributed by atoms with Gasteiger partial charge in [-0.2, -0.15) is 0 Å². The van der Waals surface area contributed by atoms with Crippen molar-refractivity contribution in [1.82, 2.24) is 0 Å². The quantitative estimate of drug-likeness (QED) is 0.189. The fourth-order valence-electron chi connectivity index (χ4n) is 11.9. The lowest BCUT2D eigenvalue weighted by molar-refractivity contribution is -0.0399. The van der Waals surface area contributed by atoms with Gasteiger partial charge in [0.05, 0.1) is 0 Å². The molecule has 1 heteroatoms. The highest BCUT2D eigenvalue weighted by Gasteiger charge is 2.61. The van der Waals surface area contributed by atoms with Crippen molar-refractivity contribution in [3.63, 3.8) is 0 Å². The van der Waals surface area contributed by atoms with E-state index in [2.05, 4.69) is 148 Å². The molecule has 49 heavy (non-hydrogen) atoms. The van der Waals surface area contributed by atoms with Crippen molar-refractivity contribution in [3.05, 3.63) is 138 Å². The molecule has 0 atom stereocenters. The molecule has 6 aliphatic rings. The fraction of sp³-hybridized carbons (Fsp3) is 0.375. The highest BCUT2D eigenvalue weighted by Crippen LogP contribution is 2.70. The van der Waals surface area contributed by atoms with Crippen LogP contribution in [-0.4, -0.2) is 0 Å². The van der Waals surface area contributed by atoms with E-state index in [1.807, 2.05) is 0 Å². The van der Waals surface area contributed by atoms with E-state index in [0.717, 1.165) is 23.7 Å². The number of hydrogen-bond acceptors (Lipinski definition) is 1. The minimum atomic E-state index is 0.119. The second-order valence-corrected chi connectivity index (χ2v) is 17.7. The monoisotopic (exact) mass is 639 g/mol. The molecule has 5 aromatic carbocycles. The highest BCUT2D eigenvalue weighted by molar-refractivity contribution is 5.88. The second-order valence-electron chi connectivity index (χ2n) is 17.7. The van der Waals surface area contributed by atoms with Gasteiger partial charge in [0.1, 0.15) is 0 Å². The third-order valence-electron chi connectivity index (χ3n) is 14.1. The summed E-state index contributed by atoms with van der Waals surface area (Å²) in [6.45, 7) is 9.76. The standard InChI is InChI=1S/C48H49N/c1-46(2)21-22-47(3,4)45-30-39(17-20-43(45)46)49(37-13-9-6-10-14-37)38-16-18-40-41-28-34(33-11-7-5-8-12-33)15-19-42(41)48(44(40)29-38)35-24-31-23-32(26-35)27-36(48)25-31/h5-20,28-32,35-36H,21-27H2,1-4H3. The molecule has 4 saturated carbocycles. The number of fused-ring (bicyclic) bond motifs is 4. The molecule has 0 aliphatic heterocycles. The van der Waals surface area contributed by atoms with E-state index in [1.54, 1.807) is 11.1 Å². The molecule has 0 unspecified atom stereocenters. The normalized spacial score (nSPS) is 27.8. The molecule has 11 rings (SSSR count). The van der Waals surface area contributed by atoms with E-state index in [-0.39, 0.29) is 16.2 Å². The summed E-state index contributed by atoms with van der Waals surface area (Å²) in [4.78, 5) is 2.56. The molecule has 4 fully saturated rings. The van der Waals surface area contributed by atoms with E-state index in [4.69, 9.17) is 0 Å². The van der Waals surface area contributed by atoms with Crippen LogP contribution in [0.3, 0.4) is 0 Å². The molecular formula is C48H49N. The Balaban J connectivity index is 1.18. The number of hydrogen-bond donors (Lipinski definition) is 0. The van der Waals surface area contributed by atoms with Gasteiger partial charge in [-0.15, -0.1) is 0 Å². The zero-order chi connectivity index (χ0) is 33.1. The van der Waals surface area contributed by atoms with Crippen LogP contribution in [0.25, 0.3) is 22.3 Å². The molecule has 0 amide bonds. The summed E-state index contributed by atoms with van der Waals surface area (Å²) >= 11 is 0. The van der Waals surface area contributed by atoms with Crippen LogP contribution in [0.2, 0.25) is 0 Å². The molecule has 0 radical (unpaired) electrons. The lowest BCUT2D eigenvalue weighted by Gasteiger charge is -2.61. The van der Waals surface area contributed by atoms with Crippen LogP contribution in [0.15, 0.2) is 115 Å². The predicted octanol–water partition coefficient (Wildman–Crippen LogP) is 12.9. The van der Waals surface area contributed by atoms with Gasteiger partial charge in [0.15, 0.2) is 0 Å². The first kappa shape index (κ1) is 29.8. The molecule has 6 aliphatic carbocycles. The van der Waals surface area contributed by atoms with E-state index in [9.17, 15) is 0 Å². The van der Waals surface area contributed by atoms with Crippen molar-refractivity contribution in [2.45, 2.75) is 88.9 Å². The van der Waals surface area contributed by atoms with Crippen molar-refractivity contribution in [2.75, 3.05) is 4.90 Å². The zero-order valence-corrected chi connectivity index (χ0v) is 29.7. The third-order valence-corrected chi connectivity index (χ3v) is 14.1. The van der Waals surface area contributed by atoms with Crippen LogP contribution in [0, 0.1) is 23.7 Å². The fourth-order valence-corrected chi connectivity index (χ4v) is 11.9. The van der Waals surface area contributed by atoms with Crippen molar-refractivity contribution < 1.29 is 0 Å². The van der Waals surface area contributed by atoms with Crippen LogP contribution >= 0.6 is 0 Å². The van der Waals surface area contributed by atoms with Crippen LogP contribution in [0.5, 0.6) is 0 Å². The van der Waals surface area contributed by atoms with Gasteiger partial charge >= 0.3 is 0 Å². The van der Waals surface area contributed by atoms with Gasteiger partial charge < -0.3 is 4.90 Å². The first-order valence-electron chi connectivity index (χ1n) is 19.1. The van der Waals surface area contributed by atoms with Gasteiger partial charge in [0.25, 0.3) is 0 Å². The van der Waals surface area contributed by atoms with Crippen molar-refractivity contribution in [1.29, 1.82) is 0 Å². The summed E-state index contributed by atoms with van der Waals surface area (Å²) in [6.07, 6.45) is 9.52. The molecular weight excluding hydrogens is 591 g/mol. The first-order valence-corrected chi connectivity index (χ1v) is 19.1. The summed E-state index contributed by atoms with van der Waals surface area (Å²) in [7, 11) is 0. The topological polar surface area (TPSA) is 3.24 Å². The average Bonchev–Trinajstić information content (AvgIpc) is 3.39. The van der Waals surface area contributed by atoms with Crippen LogP contribution in [0.1, 0.15) is 94.9 Å². The summed E-state index contributed by atoms with van der Waals surface area (Å²) in [5, 5.41) is 0. The summed E-state index contributed by atoms with van der Waals surface area (Å²) in [6, 6.07) is 44.6. The highest BCUT2D eigenvalue weighted by atomic mass is 15.1. The molecule has 0 saturated heterocycles. The Morgan fingerprint density at radius 1 is 0.449 bits per heavy atom. The second kappa shape index (κ2) is 10.5. The number of nitrogens with zero attached hydrogens (tertiary/aromatic N) is 1. The maximum absolute atomic E-state index is 2.65. The zero-order valence-electron chi connectivity index (χ0n) is 29.7. The molecule has 5 aromatic rings. The Hall–Kier alpha value is -4.10. The molecule has 246 valence electrons. The maximum atomic E-state index is 2.65. The Morgan fingerprint density at radius 3 is 1.69 bits per heavy atom. The van der Waals surface area contributed by atoms with Gasteiger partial charge in [-0.3, -0.25) is 0 Å². The lowest BCUT2D eigenvalue weighted by atomic mass is 9.43. The SMILES string of the molecule is CC1(C)CCC(C)(C)c2cc(N(c3ccccc3)c3ccc4c(c3)C3(c5ccc(-c6ccccc6)cc5-4)C4CC5CC(C4)CC3C5)ccc21. The first-order chi connectivity index (χ1) is 23.7. The van der Waals surface area contributed by atoms with Crippen molar-refractivity contribution in [3.8, 4) is 22.3 Å². The number of anilines is 3. The Kier molecular flexibility index (Phi) is 6.36. The van der Waals surface area contributed by atoms with Crippen molar-refractivity contribution >= 4 is 17.1 Å². The predicted molar refractivity (Wildman–Crippen MR) is 205 cm³/mol. The number of para-hydroxylation sites is 1. The van der Waals surface area contributed by atoms with Crippen LogP contribution in [0.4, 0.5) is 17.1 Å². The van der Waals surface area contributed by atoms with Gasteiger partial charge in [0.2, 0.25) is 0 Å². The summed E-state index contributed by atoms with van der Waals surface area (Å²) in [5.41, 5.74) is 16.1. The van der Waals surface area contributed by atoms with Gasteiger partial charge in [0, 0.05) is 22.5 Å². The van der Waals surface area contributed by atoms with Gasteiger partial charge in [-0.25, -0.2) is 0 Å². The third kappa shape index (κ3) is 4.30. The van der Waals surface area contributed by atoms with Gasteiger partial charge in [-0.1, -0.05) is 100 Å². The molecule has 0 aromatic heterocycles.